The zero-order chi connectivity index (χ0) is 14.4. The molecule has 0 spiro atoms. The average molecular weight is 340 g/mol. The molecule has 1 aromatic rings. The van der Waals surface area contributed by atoms with E-state index in [2.05, 4.69) is 24.1 Å². The van der Waals surface area contributed by atoms with Crippen molar-refractivity contribution < 1.29 is 9.21 Å². The molecule has 0 bridgehead atoms. The van der Waals surface area contributed by atoms with Crippen molar-refractivity contribution in [3.63, 3.8) is 0 Å². The van der Waals surface area contributed by atoms with Crippen LogP contribution in [0.15, 0.2) is 16.7 Å². The van der Waals surface area contributed by atoms with E-state index in [4.69, 9.17) is 10.2 Å². The lowest BCUT2D eigenvalue weighted by Crippen LogP contribution is -2.40. The Balaban J connectivity index is 0. The molecule has 1 atom stereocenters. The van der Waals surface area contributed by atoms with Gasteiger partial charge in [-0.15, -0.1) is 24.8 Å². The number of carbonyl (C=O) groups excluding carboxylic acids is 1. The Morgan fingerprint density at radius 1 is 1.38 bits per heavy atom. The quantitative estimate of drug-likeness (QED) is 0.799. The first-order chi connectivity index (χ1) is 8.93. The molecule has 1 aromatic heterocycles. The van der Waals surface area contributed by atoms with Gasteiger partial charge in [-0.2, -0.15) is 0 Å². The number of furan rings is 1. The van der Waals surface area contributed by atoms with Crippen molar-refractivity contribution in [2.75, 3.05) is 20.6 Å². The second kappa shape index (κ2) is 10.9. The number of halogens is 2. The highest BCUT2D eigenvalue weighted by Crippen LogP contribution is 2.10. The summed E-state index contributed by atoms with van der Waals surface area (Å²) in [6, 6.07) is 2.02. The highest BCUT2D eigenvalue weighted by molar-refractivity contribution is 5.93. The minimum atomic E-state index is -0.112. The lowest BCUT2D eigenvalue weighted by Gasteiger charge is -2.26. The van der Waals surface area contributed by atoms with Crippen molar-refractivity contribution in [2.45, 2.75) is 32.9 Å². The highest BCUT2D eigenvalue weighted by atomic mass is 35.5. The molecule has 7 heteroatoms. The number of rotatable bonds is 7. The third kappa shape index (κ3) is 7.71. The lowest BCUT2D eigenvalue weighted by atomic mass is 10.0. The van der Waals surface area contributed by atoms with Gasteiger partial charge >= 0.3 is 0 Å². The predicted molar refractivity (Wildman–Crippen MR) is 90.4 cm³/mol. The topological polar surface area (TPSA) is 71.5 Å². The fourth-order valence-electron chi connectivity index (χ4n) is 1.94. The summed E-state index contributed by atoms with van der Waals surface area (Å²) in [5.74, 6) is 1.11. The molecule has 0 saturated carbocycles. The molecule has 0 radical (unpaired) electrons. The van der Waals surface area contributed by atoms with E-state index in [1.54, 1.807) is 6.07 Å². The molecule has 0 aliphatic rings. The molecule has 21 heavy (non-hydrogen) atoms. The first-order valence-corrected chi connectivity index (χ1v) is 6.66. The number of nitrogens with one attached hydrogen (secondary N) is 1. The number of likely N-dealkylation sites (N-methyl/N-ethyl adjacent to an activating group) is 1. The van der Waals surface area contributed by atoms with E-state index < -0.39 is 0 Å². The number of amides is 1. The number of nitrogens with two attached hydrogens (primary N) is 1. The van der Waals surface area contributed by atoms with Crippen LogP contribution < -0.4 is 11.1 Å². The van der Waals surface area contributed by atoms with Gasteiger partial charge in [-0.05, 0) is 32.5 Å². The summed E-state index contributed by atoms with van der Waals surface area (Å²) in [4.78, 5) is 14.1. The lowest BCUT2D eigenvalue weighted by molar-refractivity contribution is 0.0938. The molecular formula is C14H27Cl2N3O2. The van der Waals surface area contributed by atoms with E-state index in [-0.39, 0.29) is 30.7 Å². The molecule has 1 amide bonds. The molecule has 0 aromatic carbocycles. The maximum absolute atomic E-state index is 12.0. The van der Waals surface area contributed by atoms with Crippen molar-refractivity contribution in [3.05, 3.63) is 23.7 Å². The standard InChI is InChI=1S/C14H25N3O2.2ClH/c1-10(2)5-12(17(3)4)8-16-14(18)11-6-13(7-15)19-9-11;;/h6,9-10,12H,5,7-8,15H2,1-4H3,(H,16,18);2*1H. The van der Waals surface area contributed by atoms with Gasteiger partial charge in [0.2, 0.25) is 0 Å². The van der Waals surface area contributed by atoms with Crippen LogP contribution in [0.25, 0.3) is 0 Å². The molecule has 0 aliphatic carbocycles. The van der Waals surface area contributed by atoms with Crippen LogP contribution >= 0.6 is 24.8 Å². The minimum absolute atomic E-state index is 0. The minimum Gasteiger partial charge on any atom is -0.467 e. The Morgan fingerprint density at radius 3 is 2.43 bits per heavy atom. The first kappa shape index (κ1) is 22.5. The fourth-order valence-corrected chi connectivity index (χ4v) is 1.94. The van der Waals surface area contributed by atoms with Crippen LogP contribution in [-0.2, 0) is 6.54 Å². The van der Waals surface area contributed by atoms with Gasteiger partial charge in [0.15, 0.2) is 0 Å². The van der Waals surface area contributed by atoms with Gasteiger partial charge < -0.3 is 20.4 Å². The van der Waals surface area contributed by atoms with Gasteiger partial charge in [0.05, 0.1) is 12.1 Å². The molecule has 1 unspecified atom stereocenters. The van der Waals surface area contributed by atoms with Gasteiger partial charge in [0.1, 0.15) is 12.0 Å². The van der Waals surface area contributed by atoms with Crippen LogP contribution in [0.2, 0.25) is 0 Å². The van der Waals surface area contributed by atoms with Crippen LogP contribution in [0.3, 0.4) is 0 Å². The summed E-state index contributed by atoms with van der Waals surface area (Å²) < 4.78 is 5.16. The Labute approximate surface area is 139 Å². The van der Waals surface area contributed by atoms with Crippen molar-refractivity contribution in [1.82, 2.24) is 10.2 Å². The molecule has 1 heterocycles. The fraction of sp³-hybridized carbons (Fsp3) is 0.643. The summed E-state index contributed by atoms with van der Waals surface area (Å²) in [6.07, 6.45) is 2.50. The van der Waals surface area contributed by atoms with Crippen LogP contribution in [0.1, 0.15) is 36.4 Å². The zero-order valence-corrected chi connectivity index (χ0v) is 14.7. The number of carbonyl (C=O) groups is 1. The first-order valence-electron chi connectivity index (χ1n) is 6.66. The molecule has 5 nitrogen and oxygen atoms in total. The molecule has 1 rings (SSSR count). The van der Waals surface area contributed by atoms with E-state index in [1.807, 2.05) is 14.1 Å². The van der Waals surface area contributed by atoms with Crippen LogP contribution in [0.4, 0.5) is 0 Å². The number of hydrogen-bond donors (Lipinski definition) is 2. The van der Waals surface area contributed by atoms with Crippen LogP contribution in [0.5, 0.6) is 0 Å². The summed E-state index contributed by atoms with van der Waals surface area (Å²) >= 11 is 0. The van der Waals surface area contributed by atoms with Crippen LogP contribution in [-0.4, -0.2) is 37.5 Å². The summed E-state index contributed by atoms with van der Waals surface area (Å²) in [5, 5.41) is 2.94. The maximum Gasteiger partial charge on any atom is 0.254 e. The van der Waals surface area contributed by atoms with Crippen molar-refractivity contribution in [3.8, 4) is 0 Å². The molecule has 0 aliphatic heterocycles. The van der Waals surface area contributed by atoms with Crippen molar-refractivity contribution >= 4 is 30.7 Å². The average Bonchev–Trinajstić information content (AvgIpc) is 2.82. The molecule has 3 N–H and O–H groups in total. The molecule has 0 fully saturated rings. The second-order valence-electron chi connectivity index (χ2n) is 5.46. The van der Waals surface area contributed by atoms with Crippen molar-refractivity contribution in [2.24, 2.45) is 11.7 Å². The number of nitrogens with zero attached hydrogens (tertiary/aromatic N) is 1. The van der Waals surface area contributed by atoms with Gasteiger partial charge in [-0.1, -0.05) is 13.8 Å². The van der Waals surface area contributed by atoms with Gasteiger partial charge in [-0.3, -0.25) is 4.79 Å². The smallest absolute Gasteiger partial charge is 0.254 e. The molecular weight excluding hydrogens is 313 g/mol. The van der Waals surface area contributed by atoms with E-state index in [0.717, 1.165) is 6.42 Å². The Bertz CT molecular complexity index is 409. The van der Waals surface area contributed by atoms with E-state index in [0.29, 0.717) is 36.4 Å². The van der Waals surface area contributed by atoms with Gasteiger partial charge in [0.25, 0.3) is 5.91 Å². The molecule has 0 saturated heterocycles. The van der Waals surface area contributed by atoms with E-state index >= 15 is 0 Å². The summed E-state index contributed by atoms with van der Waals surface area (Å²) in [7, 11) is 4.06. The normalized spacial score (nSPS) is 11.8. The third-order valence-electron chi connectivity index (χ3n) is 3.09. The van der Waals surface area contributed by atoms with Crippen LogP contribution in [0, 0.1) is 5.92 Å². The largest absolute Gasteiger partial charge is 0.467 e. The predicted octanol–water partition coefficient (Wildman–Crippen LogP) is 2.29. The summed E-state index contributed by atoms with van der Waals surface area (Å²) in [6.45, 7) is 5.30. The van der Waals surface area contributed by atoms with Crippen molar-refractivity contribution in [1.29, 1.82) is 0 Å². The van der Waals surface area contributed by atoms with Gasteiger partial charge in [0, 0.05) is 12.6 Å². The molecule has 124 valence electrons. The maximum atomic E-state index is 12.0. The Hall–Kier alpha value is -0.750. The van der Waals surface area contributed by atoms with E-state index in [9.17, 15) is 4.79 Å². The monoisotopic (exact) mass is 339 g/mol. The Kier molecular flexibility index (Phi) is 11.7. The summed E-state index contributed by atoms with van der Waals surface area (Å²) in [5.41, 5.74) is 5.98. The third-order valence-corrected chi connectivity index (χ3v) is 3.09. The Morgan fingerprint density at radius 2 is 2.00 bits per heavy atom. The highest BCUT2D eigenvalue weighted by Gasteiger charge is 2.16. The van der Waals surface area contributed by atoms with Gasteiger partial charge in [-0.25, -0.2) is 0 Å². The SMILES string of the molecule is CC(C)CC(CNC(=O)c1coc(CN)c1)N(C)C.Cl.Cl. The van der Waals surface area contributed by atoms with E-state index in [1.165, 1.54) is 6.26 Å². The zero-order valence-electron chi connectivity index (χ0n) is 13.1. The number of hydrogen-bond acceptors (Lipinski definition) is 4. The second-order valence-corrected chi connectivity index (χ2v) is 5.46.